The average Bonchev–Trinajstić information content (AvgIpc) is 3.09. The molecule has 0 radical (unpaired) electrons. The van der Waals surface area contributed by atoms with Crippen LogP contribution in [0.15, 0.2) is 42.5 Å². The van der Waals surface area contributed by atoms with Gasteiger partial charge in [-0.15, -0.1) is 0 Å². The zero-order valence-electron chi connectivity index (χ0n) is 11.3. The van der Waals surface area contributed by atoms with Crippen LogP contribution in [0.3, 0.4) is 0 Å². The van der Waals surface area contributed by atoms with Crippen LogP contribution < -0.4 is 0 Å². The van der Waals surface area contributed by atoms with E-state index in [0.29, 0.717) is 29.6 Å². The first-order valence-electron chi connectivity index (χ1n) is 7.46. The van der Waals surface area contributed by atoms with Gasteiger partial charge in [0, 0.05) is 5.41 Å². The lowest BCUT2D eigenvalue weighted by Crippen LogP contribution is -2.33. The van der Waals surface area contributed by atoms with Gasteiger partial charge in [-0.05, 0) is 48.0 Å². The van der Waals surface area contributed by atoms with Crippen LogP contribution in [0.25, 0.3) is 0 Å². The maximum Gasteiger partial charge on any atom is 0.127 e. The number of carbonyl (C=O) groups is 1. The highest BCUT2D eigenvalue weighted by molar-refractivity contribution is 5.65. The van der Waals surface area contributed by atoms with Crippen LogP contribution in [0.1, 0.15) is 31.2 Å². The molecule has 0 aliphatic heterocycles. The van der Waals surface area contributed by atoms with Crippen molar-refractivity contribution in [2.24, 2.45) is 29.1 Å². The van der Waals surface area contributed by atoms with Gasteiger partial charge in [0.05, 0.1) is 0 Å². The highest BCUT2D eigenvalue weighted by Gasteiger charge is 2.63. The van der Waals surface area contributed by atoms with E-state index in [9.17, 15) is 4.79 Å². The highest BCUT2D eigenvalue weighted by Crippen LogP contribution is 2.68. The third-order valence-corrected chi connectivity index (χ3v) is 5.97. The molecule has 3 aliphatic carbocycles. The standard InChI is InChI=1S/C18H20O/c1-12-10-18(11-19)15-8-7-14(9-15)17(18)16(12)13-5-3-2-4-6-13/h2-8,11-12,14-17H,9-10H2,1H3/t12-,14+,15-,16+,17+,18-/m1/s1. The van der Waals surface area contributed by atoms with Gasteiger partial charge in [0.1, 0.15) is 6.29 Å². The van der Waals surface area contributed by atoms with Crippen LogP contribution in [-0.4, -0.2) is 6.29 Å². The summed E-state index contributed by atoms with van der Waals surface area (Å²) in [7, 11) is 0. The maximum absolute atomic E-state index is 11.9. The Kier molecular flexibility index (Phi) is 2.30. The fourth-order valence-electron chi connectivity index (χ4n) is 5.39. The second-order valence-corrected chi connectivity index (χ2v) is 6.76. The first kappa shape index (κ1) is 11.5. The van der Waals surface area contributed by atoms with Crippen molar-refractivity contribution in [3.05, 3.63) is 48.0 Å². The molecule has 0 aromatic heterocycles. The molecule has 0 unspecified atom stereocenters. The Morgan fingerprint density at radius 1 is 1.21 bits per heavy atom. The van der Waals surface area contributed by atoms with Crippen LogP contribution in [0.4, 0.5) is 0 Å². The Morgan fingerprint density at radius 3 is 2.74 bits per heavy atom. The van der Waals surface area contributed by atoms with E-state index >= 15 is 0 Å². The third kappa shape index (κ3) is 1.34. The van der Waals surface area contributed by atoms with E-state index < -0.39 is 0 Å². The van der Waals surface area contributed by atoms with Gasteiger partial charge in [0.2, 0.25) is 0 Å². The highest BCUT2D eigenvalue weighted by atomic mass is 16.1. The second kappa shape index (κ2) is 3.82. The van der Waals surface area contributed by atoms with E-state index in [4.69, 9.17) is 0 Å². The predicted molar refractivity (Wildman–Crippen MR) is 75.7 cm³/mol. The van der Waals surface area contributed by atoms with E-state index in [-0.39, 0.29) is 5.41 Å². The van der Waals surface area contributed by atoms with Crippen LogP contribution >= 0.6 is 0 Å². The molecular formula is C18H20O. The second-order valence-electron chi connectivity index (χ2n) is 6.76. The normalized spacial score (nSPS) is 46.5. The number of aldehydes is 1. The summed E-state index contributed by atoms with van der Waals surface area (Å²) in [5.41, 5.74) is 1.38. The fourth-order valence-corrected chi connectivity index (χ4v) is 5.39. The molecular weight excluding hydrogens is 232 g/mol. The Hall–Kier alpha value is -1.37. The van der Waals surface area contributed by atoms with Gasteiger partial charge in [-0.3, -0.25) is 0 Å². The monoisotopic (exact) mass is 252 g/mol. The smallest absolute Gasteiger partial charge is 0.127 e. The maximum atomic E-state index is 11.9. The fraction of sp³-hybridized carbons (Fsp3) is 0.500. The van der Waals surface area contributed by atoms with Crippen molar-refractivity contribution in [1.82, 2.24) is 0 Å². The van der Waals surface area contributed by atoms with E-state index in [1.54, 1.807) is 0 Å². The molecule has 1 aromatic rings. The van der Waals surface area contributed by atoms with Gasteiger partial charge >= 0.3 is 0 Å². The van der Waals surface area contributed by atoms with Crippen LogP contribution in [0, 0.1) is 29.1 Å². The lowest BCUT2D eigenvalue weighted by atomic mass is 9.68. The number of allylic oxidation sites excluding steroid dienone is 2. The van der Waals surface area contributed by atoms with Crippen molar-refractivity contribution < 1.29 is 4.79 Å². The molecule has 1 nitrogen and oxygen atoms in total. The molecule has 4 rings (SSSR count). The van der Waals surface area contributed by atoms with Gasteiger partial charge in [-0.1, -0.05) is 49.4 Å². The summed E-state index contributed by atoms with van der Waals surface area (Å²) in [6.45, 7) is 2.33. The molecule has 2 bridgehead atoms. The summed E-state index contributed by atoms with van der Waals surface area (Å²) in [6.07, 6.45) is 8.29. The van der Waals surface area contributed by atoms with Gasteiger partial charge in [-0.25, -0.2) is 0 Å². The molecule has 0 amide bonds. The first-order valence-corrected chi connectivity index (χ1v) is 7.46. The van der Waals surface area contributed by atoms with Crippen molar-refractivity contribution in [1.29, 1.82) is 0 Å². The molecule has 0 spiro atoms. The molecule has 0 saturated heterocycles. The Balaban J connectivity index is 1.82. The molecule has 98 valence electrons. The van der Waals surface area contributed by atoms with Crippen molar-refractivity contribution in [2.45, 2.75) is 25.7 Å². The lowest BCUT2D eigenvalue weighted by molar-refractivity contribution is -0.119. The zero-order chi connectivity index (χ0) is 13.0. The van der Waals surface area contributed by atoms with Crippen molar-refractivity contribution >= 4 is 6.29 Å². The molecule has 1 aromatic carbocycles. The molecule has 0 heterocycles. The molecule has 1 heteroatoms. The Labute approximate surface area is 114 Å². The summed E-state index contributed by atoms with van der Waals surface area (Å²) >= 11 is 0. The predicted octanol–water partition coefficient (Wildman–Crippen LogP) is 3.82. The van der Waals surface area contributed by atoms with Crippen molar-refractivity contribution in [3.8, 4) is 0 Å². The number of hydrogen-bond donors (Lipinski definition) is 0. The van der Waals surface area contributed by atoms with E-state index in [1.807, 2.05) is 0 Å². The molecule has 6 atom stereocenters. The third-order valence-electron chi connectivity index (χ3n) is 5.97. The summed E-state index contributed by atoms with van der Waals surface area (Å²) in [4.78, 5) is 11.9. The largest absolute Gasteiger partial charge is 0.303 e. The van der Waals surface area contributed by atoms with E-state index in [2.05, 4.69) is 49.4 Å². The summed E-state index contributed by atoms with van der Waals surface area (Å²) in [5.74, 6) is 2.85. The van der Waals surface area contributed by atoms with Gasteiger partial charge in [0.25, 0.3) is 0 Å². The minimum Gasteiger partial charge on any atom is -0.303 e. The summed E-state index contributed by atoms with van der Waals surface area (Å²) < 4.78 is 0. The van der Waals surface area contributed by atoms with E-state index in [1.165, 1.54) is 18.3 Å². The average molecular weight is 252 g/mol. The Morgan fingerprint density at radius 2 is 2.00 bits per heavy atom. The number of fused-ring (bicyclic) bond motifs is 5. The summed E-state index contributed by atoms with van der Waals surface area (Å²) in [5, 5.41) is 0. The van der Waals surface area contributed by atoms with Crippen molar-refractivity contribution in [3.63, 3.8) is 0 Å². The van der Waals surface area contributed by atoms with Crippen LogP contribution in [0.2, 0.25) is 0 Å². The molecule has 19 heavy (non-hydrogen) atoms. The van der Waals surface area contributed by atoms with Crippen LogP contribution in [0.5, 0.6) is 0 Å². The minimum atomic E-state index is -0.0562. The van der Waals surface area contributed by atoms with Gasteiger partial charge in [-0.2, -0.15) is 0 Å². The van der Waals surface area contributed by atoms with E-state index in [0.717, 1.165) is 6.42 Å². The number of rotatable bonds is 2. The summed E-state index contributed by atoms with van der Waals surface area (Å²) in [6, 6.07) is 10.8. The zero-order valence-corrected chi connectivity index (χ0v) is 11.3. The van der Waals surface area contributed by atoms with Gasteiger partial charge < -0.3 is 4.79 Å². The van der Waals surface area contributed by atoms with Gasteiger partial charge in [0.15, 0.2) is 0 Å². The number of hydrogen-bond acceptors (Lipinski definition) is 1. The first-order chi connectivity index (χ1) is 9.26. The minimum absolute atomic E-state index is 0.0562. The number of benzene rings is 1. The molecule has 2 fully saturated rings. The Bertz CT molecular complexity index is 532. The topological polar surface area (TPSA) is 17.1 Å². The molecule has 3 aliphatic rings. The lowest BCUT2D eigenvalue weighted by Gasteiger charge is -2.34. The van der Waals surface area contributed by atoms with Crippen LogP contribution in [-0.2, 0) is 4.79 Å². The number of carbonyl (C=O) groups excluding carboxylic acids is 1. The molecule has 0 N–H and O–H groups in total. The SMILES string of the molecule is C[C@@H]1C[C@]2(C=O)[C@H]([C@@H]1c1ccccc1)[C@H]1C=C[C@@H]2C1. The van der Waals surface area contributed by atoms with Crippen molar-refractivity contribution in [2.75, 3.05) is 0 Å². The molecule has 2 saturated carbocycles. The quantitative estimate of drug-likeness (QED) is 0.577.